The lowest BCUT2D eigenvalue weighted by atomic mass is 9.84. The summed E-state index contributed by atoms with van der Waals surface area (Å²) in [4.78, 5) is 30.3. The topological polar surface area (TPSA) is 65.2 Å². The van der Waals surface area contributed by atoms with Gasteiger partial charge in [-0.25, -0.2) is 0 Å². The normalized spacial score (nSPS) is 16.5. The van der Waals surface area contributed by atoms with Crippen LogP contribution in [-0.4, -0.2) is 41.3 Å². The molecule has 0 spiro atoms. The molecule has 1 fully saturated rings. The van der Waals surface area contributed by atoms with Gasteiger partial charge in [-0.1, -0.05) is 32.4 Å². The number of amides is 2. The first-order valence-corrected chi connectivity index (χ1v) is 10.6. The Labute approximate surface area is 171 Å². The van der Waals surface area contributed by atoms with E-state index in [1.54, 1.807) is 0 Å². The summed E-state index contributed by atoms with van der Waals surface area (Å²) in [5.41, 5.74) is 1.50. The molecule has 3 rings (SSSR count). The Hall–Kier alpha value is -2.01. The molecule has 1 aliphatic rings. The van der Waals surface area contributed by atoms with Crippen molar-refractivity contribution < 1.29 is 9.59 Å². The van der Waals surface area contributed by atoms with Gasteiger partial charge in [0.25, 0.3) is 5.91 Å². The van der Waals surface area contributed by atoms with E-state index in [0.717, 1.165) is 36.7 Å². The van der Waals surface area contributed by atoms with Crippen molar-refractivity contribution in [2.75, 3.05) is 19.6 Å². The summed E-state index contributed by atoms with van der Waals surface area (Å²) in [7, 11) is 0. The molecular formula is C22H30ClN3O2. The summed E-state index contributed by atoms with van der Waals surface area (Å²) in [6.45, 7) is 8.43. The van der Waals surface area contributed by atoms with Crippen molar-refractivity contribution in [2.24, 2.45) is 17.8 Å². The molecule has 0 radical (unpaired) electrons. The molecule has 1 aromatic carbocycles. The standard InChI is InChI=1S/C22H30ClN3O2/c1-14(2)6-9-24-21(27)15(3)16-7-10-26(11-8-16)22(28)20-13-17-12-18(23)4-5-19(17)25-20/h4-5,12-16,25H,6-11H2,1-3H3,(H,24,27)/t15-/m0/s1. The maximum atomic E-state index is 12.9. The SMILES string of the molecule is CC(C)CCNC(=O)[C@@H](C)C1CCN(C(=O)c2cc3cc(Cl)ccc3[nH]2)CC1. The van der Waals surface area contributed by atoms with Gasteiger partial charge in [0.2, 0.25) is 5.91 Å². The van der Waals surface area contributed by atoms with Crippen molar-refractivity contribution in [2.45, 2.75) is 40.0 Å². The van der Waals surface area contributed by atoms with Gasteiger partial charge in [0.15, 0.2) is 0 Å². The molecule has 1 aliphatic heterocycles. The molecule has 0 aliphatic carbocycles. The third-order valence-electron chi connectivity index (χ3n) is 5.78. The van der Waals surface area contributed by atoms with Crippen LogP contribution in [0.2, 0.25) is 5.02 Å². The predicted molar refractivity (Wildman–Crippen MR) is 114 cm³/mol. The molecule has 2 heterocycles. The number of aromatic nitrogens is 1. The molecule has 2 aromatic rings. The third-order valence-corrected chi connectivity index (χ3v) is 6.02. The highest BCUT2D eigenvalue weighted by Crippen LogP contribution is 2.27. The summed E-state index contributed by atoms with van der Waals surface area (Å²) in [6.07, 6.45) is 2.72. The summed E-state index contributed by atoms with van der Waals surface area (Å²) in [6, 6.07) is 7.42. The number of fused-ring (bicyclic) bond motifs is 1. The summed E-state index contributed by atoms with van der Waals surface area (Å²) in [5.74, 6) is 1.05. The Balaban J connectivity index is 1.53. The van der Waals surface area contributed by atoms with Crippen LogP contribution in [0.5, 0.6) is 0 Å². The van der Waals surface area contributed by atoms with Crippen molar-refractivity contribution in [1.82, 2.24) is 15.2 Å². The smallest absolute Gasteiger partial charge is 0.270 e. The molecule has 5 nitrogen and oxygen atoms in total. The van der Waals surface area contributed by atoms with Crippen molar-refractivity contribution in [3.8, 4) is 0 Å². The molecule has 0 bridgehead atoms. The van der Waals surface area contributed by atoms with Gasteiger partial charge >= 0.3 is 0 Å². The molecule has 1 aromatic heterocycles. The van der Waals surface area contributed by atoms with Crippen molar-refractivity contribution in [3.05, 3.63) is 35.0 Å². The monoisotopic (exact) mass is 403 g/mol. The van der Waals surface area contributed by atoms with Gasteiger partial charge in [0.05, 0.1) is 0 Å². The van der Waals surface area contributed by atoms with E-state index >= 15 is 0 Å². The van der Waals surface area contributed by atoms with Crippen LogP contribution in [0.25, 0.3) is 10.9 Å². The number of benzene rings is 1. The predicted octanol–water partition coefficient (Wildman–Crippen LogP) is 4.47. The Bertz CT molecular complexity index is 837. The first kappa shape index (κ1) is 20.7. The van der Waals surface area contributed by atoms with Gasteiger partial charge in [0, 0.05) is 41.5 Å². The molecule has 0 saturated carbocycles. The van der Waals surface area contributed by atoms with Crippen LogP contribution >= 0.6 is 11.6 Å². The second-order valence-electron chi connectivity index (χ2n) is 8.31. The number of halogens is 1. The number of aromatic amines is 1. The van der Waals surface area contributed by atoms with Gasteiger partial charge in [-0.15, -0.1) is 0 Å². The second kappa shape index (κ2) is 8.99. The first-order chi connectivity index (χ1) is 13.3. The van der Waals surface area contributed by atoms with Crippen LogP contribution in [0.1, 0.15) is 50.5 Å². The number of nitrogens with one attached hydrogen (secondary N) is 2. The number of hydrogen-bond donors (Lipinski definition) is 2. The summed E-state index contributed by atoms with van der Waals surface area (Å²) >= 11 is 6.03. The van der Waals surface area contributed by atoms with E-state index in [1.807, 2.05) is 36.1 Å². The van der Waals surface area contributed by atoms with Gasteiger partial charge in [0.1, 0.15) is 5.69 Å². The zero-order valence-corrected chi connectivity index (χ0v) is 17.7. The fraction of sp³-hybridized carbons (Fsp3) is 0.545. The first-order valence-electron chi connectivity index (χ1n) is 10.2. The number of H-pyrrole nitrogens is 1. The van der Waals surface area contributed by atoms with Crippen LogP contribution in [0.4, 0.5) is 0 Å². The Morgan fingerprint density at radius 3 is 2.61 bits per heavy atom. The van der Waals surface area contributed by atoms with E-state index in [4.69, 9.17) is 11.6 Å². The van der Waals surface area contributed by atoms with E-state index in [-0.39, 0.29) is 17.7 Å². The number of carbonyl (C=O) groups is 2. The Kier molecular flexibility index (Phi) is 6.65. The third kappa shape index (κ3) is 4.88. The maximum Gasteiger partial charge on any atom is 0.270 e. The van der Waals surface area contributed by atoms with E-state index in [1.165, 1.54) is 0 Å². The lowest BCUT2D eigenvalue weighted by Gasteiger charge is -2.34. The number of likely N-dealkylation sites (tertiary alicyclic amines) is 1. The van der Waals surface area contributed by atoms with Crippen LogP contribution in [0.15, 0.2) is 24.3 Å². The Morgan fingerprint density at radius 1 is 1.21 bits per heavy atom. The quantitative estimate of drug-likeness (QED) is 0.747. The molecule has 152 valence electrons. The largest absolute Gasteiger partial charge is 0.356 e. The molecule has 0 unspecified atom stereocenters. The molecule has 1 saturated heterocycles. The number of hydrogen-bond acceptors (Lipinski definition) is 2. The maximum absolute atomic E-state index is 12.9. The molecule has 2 amide bonds. The van der Waals surface area contributed by atoms with Gasteiger partial charge in [-0.3, -0.25) is 9.59 Å². The van der Waals surface area contributed by atoms with Gasteiger partial charge < -0.3 is 15.2 Å². The number of nitrogens with zero attached hydrogens (tertiary/aromatic N) is 1. The molecule has 6 heteroatoms. The van der Waals surface area contributed by atoms with Crippen molar-refractivity contribution >= 4 is 34.3 Å². The Morgan fingerprint density at radius 2 is 1.93 bits per heavy atom. The van der Waals surface area contributed by atoms with E-state index in [0.29, 0.717) is 35.6 Å². The minimum absolute atomic E-state index is 0.0137. The minimum Gasteiger partial charge on any atom is -0.356 e. The highest BCUT2D eigenvalue weighted by atomic mass is 35.5. The van der Waals surface area contributed by atoms with Gasteiger partial charge in [-0.2, -0.15) is 0 Å². The highest BCUT2D eigenvalue weighted by molar-refractivity contribution is 6.31. The average Bonchev–Trinajstić information content (AvgIpc) is 3.09. The fourth-order valence-electron chi connectivity index (χ4n) is 3.85. The summed E-state index contributed by atoms with van der Waals surface area (Å²) in [5, 5.41) is 4.66. The van der Waals surface area contributed by atoms with Crippen molar-refractivity contribution in [3.63, 3.8) is 0 Å². The van der Waals surface area contributed by atoms with Crippen LogP contribution < -0.4 is 5.32 Å². The van der Waals surface area contributed by atoms with E-state index in [9.17, 15) is 9.59 Å². The van der Waals surface area contributed by atoms with E-state index < -0.39 is 0 Å². The summed E-state index contributed by atoms with van der Waals surface area (Å²) < 4.78 is 0. The molecule has 1 atom stereocenters. The second-order valence-corrected chi connectivity index (χ2v) is 8.74. The lowest BCUT2D eigenvalue weighted by Crippen LogP contribution is -2.43. The number of carbonyl (C=O) groups excluding carboxylic acids is 2. The zero-order valence-electron chi connectivity index (χ0n) is 16.9. The average molecular weight is 404 g/mol. The number of rotatable bonds is 6. The van der Waals surface area contributed by atoms with Crippen LogP contribution in [0, 0.1) is 17.8 Å². The van der Waals surface area contributed by atoms with Crippen LogP contribution in [-0.2, 0) is 4.79 Å². The van der Waals surface area contributed by atoms with Gasteiger partial charge in [-0.05, 0) is 55.4 Å². The molecule has 28 heavy (non-hydrogen) atoms. The minimum atomic E-state index is -0.0142. The highest BCUT2D eigenvalue weighted by Gasteiger charge is 2.30. The van der Waals surface area contributed by atoms with Crippen LogP contribution in [0.3, 0.4) is 0 Å². The molecule has 2 N–H and O–H groups in total. The fourth-order valence-corrected chi connectivity index (χ4v) is 4.03. The molecular weight excluding hydrogens is 374 g/mol. The number of piperidine rings is 1. The van der Waals surface area contributed by atoms with Crippen molar-refractivity contribution in [1.29, 1.82) is 0 Å². The zero-order chi connectivity index (χ0) is 20.3. The lowest BCUT2D eigenvalue weighted by molar-refractivity contribution is -0.126. The van der Waals surface area contributed by atoms with E-state index in [2.05, 4.69) is 24.1 Å².